The third-order valence-corrected chi connectivity index (χ3v) is 6.06. The van der Waals surface area contributed by atoms with Gasteiger partial charge in [0, 0.05) is 18.7 Å². The highest BCUT2D eigenvalue weighted by Gasteiger charge is 2.34. The van der Waals surface area contributed by atoms with E-state index < -0.39 is 20.8 Å². The minimum absolute atomic E-state index is 0.00470. The lowest BCUT2D eigenvalue weighted by Gasteiger charge is -2.19. The van der Waals surface area contributed by atoms with Crippen molar-refractivity contribution in [1.82, 2.24) is 15.0 Å². The monoisotopic (exact) mass is 349 g/mol. The summed E-state index contributed by atoms with van der Waals surface area (Å²) in [6.07, 6.45) is 1.84. The molecule has 24 heavy (non-hydrogen) atoms. The summed E-state index contributed by atoms with van der Waals surface area (Å²) in [5.74, 6) is -0.460. The number of carbonyl (C=O) groups is 1. The van der Waals surface area contributed by atoms with Crippen LogP contribution in [-0.2, 0) is 20.4 Å². The van der Waals surface area contributed by atoms with Crippen molar-refractivity contribution in [3.63, 3.8) is 0 Å². The van der Waals surface area contributed by atoms with Gasteiger partial charge < -0.3 is 9.42 Å². The number of carbonyl (C=O) groups excluding carboxylic acids is 1. The first kappa shape index (κ1) is 16.6. The summed E-state index contributed by atoms with van der Waals surface area (Å²) < 4.78 is 30.0. The minimum Gasteiger partial charge on any atom is -0.342 e. The number of hydrogen-bond acceptors (Lipinski definition) is 6. The Labute approximate surface area is 140 Å². The van der Waals surface area contributed by atoms with Crippen LogP contribution in [0.15, 0.2) is 34.9 Å². The van der Waals surface area contributed by atoms with Crippen molar-refractivity contribution in [1.29, 1.82) is 0 Å². The maximum Gasteiger partial charge on any atom is 0.242 e. The molecular weight excluding hydrogens is 330 g/mol. The molecule has 0 aliphatic carbocycles. The maximum atomic E-state index is 12.5. The van der Waals surface area contributed by atoms with E-state index in [1.807, 2.05) is 30.3 Å². The molecule has 0 bridgehead atoms. The molecule has 0 N–H and O–H groups in total. The largest absolute Gasteiger partial charge is 0.342 e. The minimum atomic E-state index is -3.71. The zero-order valence-corrected chi connectivity index (χ0v) is 14.2. The molecule has 1 amide bonds. The predicted octanol–water partition coefficient (Wildman–Crippen LogP) is 1.66. The molecule has 0 spiro atoms. The fourth-order valence-electron chi connectivity index (χ4n) is 2.66. The Morgan fingerprint density at radius 1 is 1.25 bits per heavy atom. The normalized spacial score (nSPS) is 16.3. The fraction of sp³-hybridized carbons (Fsp3) is 0.438. The van der Waals surface area contributed by atoms with Crippen molar-refractivity contribution in [3.8, 4) is 11.4 Å². The van der Waals surface area contributed by atoms with Crippen LogP contribution in [0.1, 0.15) is 25.7 Å². The second kappa shape index (κ2) is 6.72. The van der Waals surface area contributed by atoms with Crippen molar-refractivity contribution in [3.05, 3.63) is 36.2 Å². The molecule has 3 rings (SSSR count). The molecule has 1 atom stereocenters. The van der Waals surface area contributed by atoms with Gasteiger partial charge in [0.1, 0.15) is 11.0 Å². The molecule has 7 nitrogen and oxygen atoms in total. The van der Waals surface area contributed by atoms with Crippen LogP contribution in [0, 0.1) is 0 Å². The summed E-state index contributed by atoms with van der Waals surface area (Å²) in [6, 6.07) is 9.14. The second-order valence-corrected chi connectivity index (χ2v) is 8.18. The van der Waals surface area contributed by atoms with Crippen LogP contribution < -0.4 is 0 Å². The molecule has 0 radical (unpaired) electrons. The third kappa shape index (κ3) is 3.48. The number of sulfone groups is 1. The van der Waals surface area contributed by atoms with Crippen LogP contribution in [0.25, 0.3) is 11.4 Å². The Morgan fingerprint density at radius 3 is 2.58 bits per heavy atom. The first-order valence-corrected chi connectivity index (χ1v) is 9.57. The van der Waals surface area contributed by atoms with E-state index in [0.29, 0.717) is 18.9 Å². The zero-order chi connectivity index (χ0) is 17.2. The highest BCUT2D eigenvalue weighted by molar-refractivity contribution is 7.92. The van der Waals surface area contributed by atoms with Crippen LogP contribution in [-0.4, -0.2) is 47.7 Å². The first-order valence-electron chi connectivity index (χ1n) is 7.86. The topological polar surface area (TPSA) is 93.4 Å². The van der Waals surface area contributed by atoms with Gasteiger partial charge in [0.25, 0.3) is 0 Å². The van der Waals surface area contributed by atoms with Crippen LogP contribution in [0.4, 0.5) is 0 Å². The number of amides is 1. The summed E-state index contributed by atoms with van der Waals surface area (Å²) in [4.78, 5) is 18.0. The number of benzene rings is 1. The quantitative estimate of drug-likeness (QED) is 0.815. The van der Waals surface area contributed by atoms with Crippen molar-refractivity contribution in [2.24, 2.45) is 0 Å². The van der Waals surface area contributed by atoms with E-state index in [-0.39, 0.29) is 11.8 Å². The second-order valence-electron chi connectivity index (χ2n) is 5.86. The average Bonchev–Trinajstić information content (AvgIpc) is 3.25. The van der Waals surface area contributed by atoms with Crippen molar-refractivity contribution in [2.45, 2.75) is 30.8 Å². The van der Waals surface area contributed by atoms with E-state index in [0.717, 1.165) is 18.4 Å². The summed E-state index contributed by atoms with van der Waals surface area (Å²) >= 11 is 0. The van der Waals surface area contributed by atoms with E-state index in [1.54, 1.807) is 4.90 Å². The third-order valence-electron chi connectivity index (χ3n) is 4.13. The summed E-state index contributed by atoms with van der Waals surface area (Å²) in [7, 11) is -3.71. The molecular formula is C16H19N3O4S. The smallest absolute Gasteiger partial charge is 0.242 e. The van der Waals surface area contributed by atoms with Gasteiger partial charge in [-0.3, -0.25) is 4.79 Å². The van der Waals surface area contributed by atoms with Gasteiger partial charge in [-0.25, -0.2) is 8.42 Å². The Morgan fingerprint density at radius 2 is 1.92 bits per heavy atom. The van der Waals surface area contributed by atoms with Crippen molar-refractivity contribution in [2.75, 3.05) is 13.1 Å². The van der Waals surface area contributed by atoms with E-state index in [2.05, 4.69) is 10.1 Å². The zero-order valence-electron chi connectivity index (χ0n) is 13.4. The van der Waals surface area contributed by atoms with Gasteiger partial charge in [-0.05, 0) is 19.8 Å². The van der Waals surface area contributed by atoms with Gasteiger partial charge in [0.2, 0.25) is 17.6 Å². The molecule has 0 saturated carbocycles. The maximum absolute atomic E-state index is 12.5. The lowest BCUT2D eigenvalue weighted by molar-refractivity contribution is -0.129. The Hall–Kier alpha value is -2.22. The van der Waals surface area contributed by atoms with Gasteiger partial charge in [0.05, 0.1) is 0 Å². The van der Waals surface area contributed by atoms with Crippen LogP contribution in [0.3, 0.4) is 0 Å². The lowest BCUT2D eigenvalue weighted by Crippen LogP contribution is -2.40. The molecule has 1 aromatic heterocycles. The van der Waals surface area contributed by atoms with E-state index in [9.17, 15) is 13.2 Å². The van der Waals surface area contributed by atoms with Crippen LogP contribution in [0.5, 0.6) is 0 Å². The highest BCUT2D eigenvalue weighted by Crippen LogP contribution is 2.19. The van der Waals surface area contributed by atoms with Gasteiger partial charge in [-0.1, -0.05) is 35.5 Å². The van der Waals surface area contributed by atoms with Gasteiger partial charge >= 0.3 is 0 Å². The Balaban J connectivity index is 1.72. The Bertz CT molecular complexity index is 811. The molecule has 0 unspecified atom stereocenters. The number of aromatic nitrogens is 2. The Kier molecular flexibility index (Phi) is 4.66. The number of likely N-dealkylation sites (tertiary alicyclic amines) is 1. The van der Waals surface area contributed by atoms with Crippen molar-refractivity contribution < 1.29 is 17.7 Å². The summed E-state index contributed by atoms with van der Waals surface area (Å²) in [5.41, 5.74) is 0.742. The van der Waals surface area contributed by atoms with E-state index in [4.69, 9.17) is 4.52 Å². The van der Waals surface area contributed by atoms with Crippen molar-refractivity contribution >= 4 is 15.7 Å². The lowest BCUT2D eigenvalue weighted by atomic mass is 10.2. The molecule has 1 aliphatic heterocycles. The predicted molar refractivity (Wildman–Crippen MR) is 87.6 cm³/mol. The molecule has 1 saturated heterocycles. The van der Waals surface area contributed by atoms with Gasteiger partial charge in [0.15, 0.2) is 9.84 Å². The molecule has 128 valence electrons. The van der Waals surface area contributed by atoms with Gasteiger partial charge in [-0.15, -0.1) is 0 Å². The molecule has 1 aromatic carbocycles. The summed E-state index contributed by atoms with van der Waals surface area (Å²) in [6.45, 7) is 2.67. The molecule has 1 aliphatic rings. The molecule has 8 heteroatoms. The standard InChI is InChI=1S/C16H19N3O4S/c1-12(16(20)19-9-5-6-10-19)24(21,22)11-14-17-15(18-23-14)13-7-3-2-4-8-13/h2-4,7-8,12H,5-6,9-11H2,1H3/t12-/m1/s1. The van der Waals surface area contributed by atoms with Crippen LogP contribution >= 0.6 is 0 Å². The molecule has 2 aromatic rings. The number of nitrogens with zero attached hydrogens (tertiary/aromatic N) is 3. The van der Waals surface area contributed by atoms with Gasteiger partial charge in [-0.2, -0.15) is 4.98 Å². The van der Waals surface area contributed by atoms with E-state index in [1.165, 1.54) is 6.92 Å². The average molecular weight is 349 g/mol. The SMILES string of the molecule is C[C@H](C(=O)N1CCCC1)S(=O)(=O)Cc1nc(-c2ccccc2)no1. The molecule has 1 fully saturated rings. The number of hydrogen-bond donors (Lipinski definition) is 0. The van der Waals surface area contributed by atoms with E-state index >= 15 is 0 Å². The van der Waals surface area contributed by atoms with Crippen LogP contribution in [0.2, 0.25) is 0 Å². The number of rotatable bonds is 5. The summed E-state index contributed by atoms with van der Waals surface area (Å²) in [5, 5.41) is 2.70. The molecule has 2 heterocycles. The first-order chi connectivity index (χ1) is 11.5. The fourth-order valence-corrected chi connectivity index (χ4v) is 3.83. The highest BCUT2D eigenvalue weighted by atomic mass is 32.2.